The summed E-state index contributed by atoms with van der Waals surface area (Å²) in [5, 5.41) is 0. The Balaban J connectivity index is 2.32. The zero-order valence-corrected chi connectivity index (χ0v) is 10.5. The van der Waals surface area contributed by atoms with Crippen molar-refractivity contribution >= 4 is 12.2 Å². The lowest BCUT2D eigenvalue weighted by atomic mass is 10.2. The van der Waals surface area contributed by atoms with Crippen molar-refractivity contribution in [1.82, 2.24) is 9.55 Å². The number of rotatable bonds is 6. The average molecular weight is 242 g/mol. The van der Waals surface area contributed by atoms with Crippen molar-refractivity contribution in [2.75, 3.05) is 13.2 Å². The molecule has 1 rings (SSSR count). The molecule has 0 aliphatic carbocycles. The summed E-state index contributed by atoms with van der Waals surface area (Å²) in [4.78, 5) is 13.5. The first kappa shape index (κ1) is 13.1. The van der Waals surface area contributed by atoms with E-state index in [2.05, 4.69) is 18.8 Å². The summed E-state index contributed by atoms with van der Waals surface area (Å²) in [6.07, 6.45) is 2.61. The molecule has 0 amide bonds. The summed E-state index contributed by atoms with van der Waals surface area (Å²) in [5.41, 5.74) is -0.155. The minimum absolute atomic E-state index is 0.155. The Hall–Kier alpha value is -0.940. The van der Waals surface area contributed by atoms with E-state index in [0.29, 0.717) is 10.7 Å². The molecule has 0 radical (unpaired) electrons. The highest BCUT2D eigenvalue weighted by molar-refractivity contribution is 7.71. The Kier molecular flexibility index (Phi) is 5.42. The van der Waals surface area contributed by atoms with Gasteiger partial charge in [0.15, 0.2) is 4.77 Å². The second-order valence-electron chi connectivity index (χ2n) is 4.13. The van der Waals surface area contributed by atoms with E-state index in [0.717, 1.165) is 26.2 Å². The van der Waals surface area contributed by atoms with Crippen LogP contribution in [0.5, 0.6) is 0 Å². The Bertz CT molecular complexity index is 422. The molecular weight excluding hydrogens is 224 g/mol. The molecule has 0 aliphatic heterocycles. The van der Waals surface area contributed by atoms with Crippen LogP contribution in [0.15, 0.2) is 17.1 Å². The Morgan fingerprint density at radius 2 is 2.31 bits per heavy atom. The topological polar surface area (TPSA) is 47.0 Å². The van der Waals surface area contributed by atoms with Crippen LogP contribution in [0.3, 0.4) is 0 Å². The molecular formula is C11H18N2O2S. The van der Waals surface area contributed by atoms with E-state index >= 15 is 0 Å². The number of nitrogens with zero attached hydrogens (tertiary/aromatic N) is 1. The summed E-state index contributed by atoms with van der Waals surface area (Å²) in [7, 11) is 0. The lowest BCUT2D eigenvalue weighted by molar-refractivity contribution is 0.105. The van der Waals surface area contributed by atoms with Crippen LogP contribution in [-0.4, -0.2) is 22.8 Å². The van der Waals surface area contributed by atoms with E-state index < -0.39 is 0 Å². The molecule has 0 unspecified atom stereocenters. The first-order chi connectivity index (χ1) is 7.59. The van der Waals surface area contributed by atoms with Gasteiger partial charge in [-0.1, -0.05) is 13.8 Å². The average Bonchev–Trinajstić information content (AvgIpc) is 2.20. The van der Waals surface area contributed by atoms with Crippen molar-refractivity contribution in [3.8, 4) is 0 Å². The second-order valence-corrected chi connectivity index (χ2v) is 4.51. The number of hydrogen-bond acceptors (Lipinski definition) is 3. The van der Waals surface area contributed by atoms with Crippen LogP contribution in [-0.2, 0) is 11.3 Å². The fraction of sp³-hybridized carbons (Fsp3) is 0.636. The van der Waals surface area contributed by atoms with Crippen LogP contribution in [0, 0.1) is 10.7 Å². The molecule has 90 valence electrons. The predicted octanol–water partition coefficient (Wildman–Crippen LogP) is 1.97. The second kappa shape index (κ2) is 6.60. The highest BCUT2D eigenvalue weighted by Crippen LogP contribution is 1.96. The van der Waals surface area contributed by atoms with E-state index in [9.17, 15) is 4.79 Å². The molecule has 0 fully saturated rings. The van der Waals surface area contributed by atoms with Gasteiger partial charge in [-0.15, -0.1) is 0 Å². The maximum Gasteiger partial charge on any atom is 0.251 e. The maximum atomic E-state index is 10.9. The van der Waals surface area contributed by atoms with E-state index in [1.807, 2.05) is 4.57 Å². The Labute approximate surface area is 100 Å². The molecule has 5 heteroatoms. The van der Waals surface area contributed by atoms with Gasteiger partial charge in [0.25, 0.3) is 5.56 Å². The van der Waals surface area contributed by atoms with Crippen LogP contribution in [0.25, 0.3) is 0 Å². The third-order valence-electron chi connectivity index (χ3n) is 2.04. The molecule has 0 aromatic carbocycles. The number of aromatic nitrogens is 2. The van der Waals surface area contributed by atoms with Crippen molar-refractivity contribution in [3.05, 3.63) is 27.4 Å². The normalized spacial score (nSPS) is 10.9. The highest BCUT2D eigenvalue weighted by Gasteiger charge is 1.96. The number of aryl methyl sites for hydroxylation is 1. The van der Waals surface area contributed by atoms with Crippen LogP contribution in [0.4, 0.5) is 0 Å². The third kappa shape index (κ3) is 4.72. The summed E-state index contributed by atoms with van der Waals surface area (Å²) >= 11 is 5.03. The number of aromatic amines is 1. The van der Waals surface area contributed by atoms with Gasteiger partial charge < -0.3 is 9.30 Å². The van der Waals surface area contributed by atoms with Crippen LogP contribution in [0.2, 0.25) is 0 Å². The molecule has 4 nitrogen and oxygen atoms in total. The van der Waals surface area contributed by atoms with Gasteiger partial charge >= 0.3 is 0 Å². The van der Waals surface area contributed by atoms with Gasteiger partial charge in [-0.05, 0) is 24.6 Å². The maximum absolute atomic E-state index is 10.9. The van der Waals surface area contributed by atoms with E-state index in [-0.39, 0.29) is 5.56 Å². The van der Waals surface area contributed by atoms with Gasteiger partial charge in [0.05, 0.1) is 0 Å². The minimum atomic E-state index is -0.155. The molecule has 0 spiro atoms. The SMILES string of the molecule is CC(C)COCCCn1ccc(=O)[nH]c1=S. The first-order valence-electron chi connectivity index (χ1n) is 5.47. The fourth-order valence-electron chi connectivity index (χ4n) is 1.28. The van der Waals surface area contributed by atoms with Gasteiger partial charge in [-0.25, -0.2) is 0 Å². The lowest BCUT2D eigenvalue weighted by Gasteiger charge is -2.08. The number of hydrogen-bond donors (Lipinski definition) is 1. The molecule has 1 aromatic rings. The van der Waals surface area contributed by atoms with Gasteiger partial charge in [0, 0.05) is 32.0 Å². The zero-order valence-electron chi connectivity index (χ0n) is 9.73. The zero-order chi connectivity index (χ0) is 12.0. The number of H-pyrrole nitrogens is 1. The van der Waals surface area contributed by atoms with Gasteiger partial charge in [0.2, 0.25) is 0 Å². The van der Waals surface area contributed by atoms with Crippen molar-refractivity contribution in [2.45, 2.75) is 26.8 Å². The molecule has 1 aromatic heterocycles. The lowest BCUT2D eigenvalue weighted by Crippen LogP contribution is -2.12. The quantitative estimate of drug-likeness (QED) is 0.613. The summed E-state index contributed by atoms with van der Waals surface area (Å²) < 4.78 is 7.77. The Morgan fingerprint density at radius 3 is 2.94 bits per heavy atom. The molecule has 0 saturated heterocycles. The first-order valence-corrected chi connectivity index (χ1v) is 5.88. The fourth-order valence-corrected chi connectivity index (χ4v) is 1.53. The van der Waals surface area contributed by atoms with Crippen molar-refractivity contribution in [1.29, 1.82) is 0 Å². The van der Waals surface area contributed by atoms with E-state index in [4.69, 9.17) is 17.0 Å². The van der Waals surface area contributed by atoms with Crippen molar-refractivity contribution < 1.29 is 4.74 Å². The smallest absolute Gasteiger partial charge is 0.251 e. The van der Waals surface area contributed by atoms with Crippen molar-refractivity contribution in [3.63, 3.8) is 0 Å². The largest absolute Gasteiger partial charge is 0.381 e. The number of ether oxygens (including phenoxy) is 1. The number of nitrogens with one attached hydrogen (secondary N) is 1. The monoisotopic (exact) mass is 242 g/mol. The summed E-state index contributed by atoms with van der Waals surface area (Å²) in [6.45, 7) is 6.53. The predicted molar refractivity (Wildman–Crippen MR) is 66.2 cm³/mol. The van der Waals surface area contributed by atoms with Gasteiger partial charge in [-0.3, -0.25) is 9.78 Å². The van der Waals surface area contributed by atoms with E-state index in [1.165, 1.54) is 6.07 Å². The molecule has 0 aliphatic rings. The minimum Gasteiger partial charge on any atom is -0.381 e. The highest BCUT2D eigenvalue weighted by atomic mass is 32.1. The third-order valence-corrected chi connectivity index (χ3v) is 2.37. The van der Waals surface area contributed by atoms with Crippen LogP contribution < -0.4 is 5.56 Å². The molecule has 1 heterocycles. The molecule has 0 saturated carbocycles. The van der Waals surface area contributed by atoms with Crippen LogP contribution >= 0.6 is 12.2 Å². The Morgan fingerprint density at radius 1 is 1.56 bits per heavy atom. The van der Waals surface area contributed by atoms with E-state index in [1.54, 1.807) is 6.20 Å². The van der Waals surface area contributed by atoms with Crippen LogP contribution in [0.1, 0.15) is 20.3 Å². The standard InChI is InChI=1S/C11H18N2O2S/c1-9(2)8-15-7-3-5-13-6-4-10(14)12-11(13)16/h4,6,9H,3,5,7-8H2,1-2H3,(H,12,14,16). The van der Waals surface area contributed by atoms with Gasteiger partial charge in [0.1, 0.15) is 0 Å². The van der Waals surface area contributed by atoms with Crippen molar-refractivity contribution in [2.24, 2.45) is 5.92 Å². The summed E-state index contributed by atoms with van der Waals surface area (Å²) in [6, 6.07) is 1.48. The molecule has 0 atom stereocenters. The summed E-state index contributed by atoms with van der Waals surface area (Å²) in [5.74, 6) is 0.565. The molecule has 0 bridgehead atoms. The van der Waals surface area contributed by atoms with Gasteiger partial charge in [-0.2, -0.15) is 0 Å². The molecule has 16 heavy (non-hydrogen) atoms. The molecule has 1 N–H and O–H groups in total.